The molecule has 0 saturated carbocycles. The highest BCUT2D eigenvalue weighted by atomic mass is 15.2. The van der Waals surface area contributed by atoms with Crippen molar-refractivity contribution in [2.45, 2.75) is 66.0 Å². The van der Waals surface area contributed by atoms with Crippen LogP contribution in [0.2, 0.25) is 0 Å². The van der Waals surface area contributed by atoms with Gasteiger partial charge in [-0.05, 0) is 51.1 Å². The third-order valence-electron chi connectivity index (χ3n) is 4.62. The molecule has 0 amide bonds. The van der Waals surface area contributed by atoms with Crippen molar-refractivity contribution in [3.63, 3.8) is 0 Å². The molecule has 1 saturated heterocycles. The summed E-state index contributed by atoms with van der Waals surface area (Å²) in [6.45, 7) is 15.5. The molecule has 2 nitrogen and oxygen atoms in total. The predicted octanol–water partition coefficient (Wildman–Crippen LogP) is 3.13. The number of rotatable bonds is 6. The van der Waals surface area contributed by atoms with Gasteiger partial charge in [0, 0.05) is 18.6 Å². The quantitative estimate of drug-likeness (QED) is 0.767. The van der Waals surface area contributed by atoms with E-state index in [0.29, 0.717) is 12.1 Å². The summed E-state index contributed by atoms with van der Waals surface area (Å²) < 4.78 is 0. The van der Waals surface area contributed by atoms with Gasteiger partial charge in [0.05, 0.1) is 0 Å². The summed E-state index contributed by atoms with van der Waals surface area (Å²) in [7, 11) is 0. The normalized spacial score (nSPS) is 30.2. The van der Waals surface area contributed by atoms with E-state index in [9.17, 15) is 0 Å². The van der Waals surface area contributed by atoms with Gasteiger partial charge in [-0.15, -0.1) is 0 Å². The van der Waals surface area contributed by atoms with Crippen molar-refractivity contribution in [1.82, 2.24) is 10.2 Å². The second kappa shape index (κ2) is 7.38. The fourth-order valence-corrected chi connectivity index (χ4v) is 2.91. The van der Waals surface area contributed by atoms with E-state index in [1.165, 1.54) is 32.4 Å². The summed E-state index contributed by atoms with van der Waals surface area (Å²) in [5.74, 6) is 1.76. The molecular weight excluding hydrogens is 208 g/mol. The molecule has 0 radical (unpaired) electrons. The fourth-order valence-electron chi connectivity index (χ4n) is 2.91. The Bertz CT molecular complexity index is 205. The minimum Gasteiger partial charge on any atom is -0.312 e. The largest absolute Gasteiger partial charge is 0.312 e. The van der Waals surface area contributed by atoms with Gasteiger partial charge in [0.25, 0.3) is 0 Å². The van der Waals surface area contributed by atoms with Gasteiger partial charge in [-0.3, -0.25) is 4.90 Å². The third-order valence-corrected chi connectivity index (χ3v) is 4.62. The van der Waals surface area contributed by atoms with E-state index in [0.717, 1.165) is 18.4 Å². The average Bonchev–Trinajstić information content (AvgIpc) is 2.33. The van der Waals surface area contributed by atoms with Crippen LogP contribution in [0.15, 0.2) is 0 Å². The maximum Gasteiger partial charge on any atom is 0.0221 e. The van der Waals surface area contributed by atoms with E-state index in [1.807, 2.05) is 0 Å². The number of nitrogens with zero attached hydrogens (tertiary/aromatic N) is 1. The molecule has 1 N–H and O–H groups in total. The first kappa shape index (κ1) is 15.0. The molecule has 4 atom stereocenters. The van der Waals surface area contributed by atoms with Crippen LogP contribution in [-0.2, 0) is 0 Å². The van der Waals surface area contributed by atoms with Gasteiger partial charge in [0.2, 0.25) is 0 Å². The van der Waals surface area contributed by atoms with Gasteiger partial charge in [-0.1, -0.05) is 27.7 Å². The Kier molecular flexibility index (Phi) is 6.50. The lowest BCUT2D eigenvalue weighted by molar-refractivity contribution is 0.0830. The summed E-state index contributed by atoms with van der Waals surface area (Å²) in [4.78, 5) is 2.70. The van der Waals surface area contributed by atoms with Crippen molar-refractivity contribution in [3.05, 3.63) is 0 Å². The molecule has 1 heterocycles. The Hall–Kier alpha value is -0.0800. The minimum atomic E-state index is 0.663. The second-order valence-electron chi connectivity index (χ2n) is 5.95. The van der Waals surface area contributed by atoms with Crippen molar-refractivity contribution in [2.75, 3.05) is 19.6 Å². The summed E-state index contributed by atoms with van der Waals surface area (Å²) in [5.41, 5.74) is 0. The zero-order chi connectivity index (χ0) is 12.8. The summed E-state index contributed by atoms with van der Waals surface area (Å²) >= 11 is 0. The van der Waals surface area contributed by atoms with Gasteiger partial charge < -0.3 is 5.32 Å². The molecule has 17 heavy (non-hydrogen) atoms. The first-order valence-electron chi connectivity index (χ1n) is 7.57. The third kappa shape index (κ3) is 4.26. The van der Waals surface area contributed by atoms with Gasteiger partial charge in [-0.2, -0.15) is 0 Å². The van der Waals surface area contributed by atoms with Gasteiger partial charge >= 0.3 is 0 Å². The monoisotopic (exact) mass is 240 g/mol. The van der Waals surface area contributed by atoms with Crippen LogP contribution < -0.4 is 5.32 Å². The Morgan fingerprint density at radius 3 is 2.47 bits per heavy atom. The van der Waals surface area contributed by atoms with Gasteiger partial charge in [0.15, 0.2) is 0 Å². The molecule has 2 heteroatoms. The molecular formula is C15H32N2. The maximum absolute atomic E-state index is 3.70. The lowest BCUT2D eigenvalue weighted by atomic mass is 9.87. The smallest absolute Gasteiger partial charge is 0.0221 e. The predicted molar refractivity (Wildman–Crippen MR) is 76.4 cm³/mol. The molecule has 0 aromatic rings. The number of likely N-dealkylation sites (tertiary alicyclic amines) is 1. The molecule has 1 fully saturated rings. The summed E-state index contributed by atoms with van der Waals surface area (Å²) in [6, 6.07) is 1.34. The molecule has 102 valence electrons. The van der Waals surface area contributed by atoms with Crippen LogP contribution in [-0.4, -0.2) is 36.6 Å². The number of hydrogen-bond acceptors (Lipinski definition) is 2. The standard InChI is InChI=1S/C15H32N2/c1-6-9-16-15(7-2)14(5)17-10-8-12(3)13(4)11-17/h12-16H,6-11H2,1-5H3. The Morgan fingerprint density at radius 2 is 1.94 bits per heavy atom. The summed E-state index contributed by atoms with van der Waals surface area (Å²) in [5, 5.41) is 3.70. The maximum atomic E-state index is 3.70. The van der Waals surface area contributed by atoms with Crippen molar-refractivity contribution in [3.8, 4) is 0 Å². The van der Waals surface area contributed by atoms with Crippen LogP contribution in [0.3, 0.4) is 0 Å². The molecule has 1 rings (SSSR count). The molecule has 1 aliphatic heterocycles. The Labute approximate surface area is 108 Å². The van der Waals surface area contributed by atoms with E-state index in [2.05, 4.69) is 44.8 Å². The summed E-state index contributed by atoms with van der Waals surface area (Å²) in [6.07, 6.45) is 3.84. The lowest BCUT2D eigenvalue weighted by Crippen LogP contribution is -2.52. The van der Waals surface area contributed by atoms with Crippen LogP contribution in [0.1, 0.15) is 53.9 Å². The van der Waals surface area contributed by atoms with E-state index >= 15 is 0 Å². The van der Waals surface area contributed by atoms with E-state index < -0.39 is 0 Å². The first-order chi connectivity index (χ1) is 8.10. The highest BCUT2D eigenvalue weighted by Gasteiger charge is 2.28. The van der Waals surface area contributed by atoms with Crippen molar-refractivity contribution >= 4 is 0 Å². The van der Waals surface area contributed by atoms with Gasteiger partial charge in [0.1, 0.15) is 0 Å². The average molecular weight is 240 g/mol. The zero-order valence-electron chi connectivity index (χ0n) is 12.5. The molecule has 0 bridgehead atoms. The van der Waals surface area contributed by atoms with Crippen LogP contribution in [0.5, 0.6) is 0 Å². The molecule has 4 unspecified atom stereocenters. The van der Waals surface area contributed by atoms with Crippen LogP contribution in [0, 0.1) is 11.8 Å². The second-order valence-corrected chi connectivity index (χ2v) is 5.95. The highest BCUT2D eigenvalue weighted by Crippen LogP contribution is 2.24. The lowest BCUT2D eigenvalue weighted by Gasteiger charge is -2.41. The number of piperidine rings is 1. The Balaban J connectivity index is 2.46. The Morgan fingerprint density at radius 1 is 1.24 bits per heavy atom. The van der Waals surface area contributed by atoms with Crippen molar-refractivity contribution in [1.29, 1.82) is 0 Å². The van der Waals surface area contributed by atoms with E-state index in [-0.39, 0.29) is 0 Å². The van der Waals surface area contributed by atoms with E-state index in [1.54, 1.807) is 0 Å². The van der Waals surface area contributed by atoms with Crippen molar-refractivity contribution < 1.29 is 0 Å². The number of hydrogen-bond donors (Lipinski definition) is 1. The topological polar surface area (TPSA) is 15.3 Å². The molecule has 0 spiro atoms. The molecule has 0 aromatic heterocycles. The van der Waals surface area contributed by atoms with E-state index in [4.69, 9.17) is 0 Å². The highest BCUT2D eigenvalue weighted by molar-refractivity contribution is 4.85. The minimum absolute atomic E-state index is 0.663. The van der Waals surface area contributed by atoms with Crippen LogP contribution in [0.25, 0.3) is 0 Å². The number of nitrogens with one attached hydrogen (secondary N) is 1. The SMILES string of the molecule is CCCNC(CC)C(C)N1CCC(C)C(C)C1. The van der Waals surface area contributed by atoms with Crippen LogP contribution in [0.4, 0.5) is 0 Å². The zero-order valence-corrected chi connectivity index (χ0v) is 12.5. The van der Waals surface area contributed by atoms with Gasteiger partial charge in [-0.25, -0.2) is 0 Å². The van der Waals surface area contributed by atoms with Crippen molar-refractivity contribution in [2.24, 2.45) is 11.8 Å². The molecule has 0 aliphatic carbocycles. The van der Waals surface area contributed by atoms with Crippen LogP contribution >= 0.6 is 0 Å². The first-order valence-corrected chi connectivity index (χ1v) is 7.57. The molecule has 0 aromatic carbocycles. The molecule has 1 aliphatic rings. The fraction of sp³-hybridized carbons (Fsp3) is 1.00.